The van der Waals surface area contributed by atoms with E-state index in [1.165, 1.54) is 24.3 Å². The Morgan fingerprint density at radius 2 is 1.82 bits per heavy atom. The Labute approximate surface area is 189 Å². The summed E-state index contributed by atoms with van der Waals surface area (Å²) < 4.78 is 90.4. The van der Waals surface area contributed by atoms with Crippen molar-refractivity contribution < 1.29 is 30.5 Å². The van der Waals surface area contributed by atoms with Crippen LogP contribution >= 0.6 is 0 Å². The highest BCUT2D eigenvalue weighted by atomic mass is 32.2. The molecule has 0 saturated carbocycles. The van der Waals surface area contributed by atoms with Crippen LogP contribution in [0.4, 0.5) is 17.6 Å². The number of benzene rings is 2. The van der Waals surface area contributed by atoms with Crippen molar-refractivity contribution in [1.29, 1.82) is 0 Å². The highest BCUT2D eigenvalue weighted by Gasteiger charge is 2.46. The maximum atomic E-state index is 14.6. The monoisotopic (exact) mass is 496 g/mol. The molecule has 4 aromatic rings. The fraction of sp³-hybridized carbons (Fsp3) is 0.238. The van der Waals surface area contributed by atoms with Gasteiger partial charge in [0, 0.05) is 24.0 Å². The van der Waals surface area contributed by atoms with E-state index in [0.29, 0.717) is 0 Å². The van der Waals surface area contributed by atoms with Gasteiger partial charge in [-0.3, -0.25) is 4.57 Å². The third kappa shape index (κ3) is 3.60. The number of alkyl halides is 2. The van der Waals surface area contributed by atoms with Gasteiger partial charge in [-0.25, -0.2) is 40.1 Å². The predicted octanol–water partition coefficient (Wildman–Crippen LogP) is 2.83. The zero-order valence-electron chi connectivity index (χ0n) is 17.4. The van der Waals surface area contributed by atoms with Crippen LogP contribution in [0, 0.1) is 11.6 Å². The molecule has 0 unspecified atom stereocenters. The standard InChI is InChI=1S/C21H16F4N4O4S/c1-34(31,32)27-16-10-28-11(8-21(16,24)25)9-29(20(28)30)19-18-12(4-2-7-15(18)33-26-19)17-13(22)5-3-6-14(17)23/h2-7,9,16,27H,8,10H2,1H3/t16-/m1/s1. The zero-order valence-corrected chi connectivity index (χ0v) is 18.2. The van der Waals surface area contributed by atoms with E-state index < -0.39 is 52.3 Å². The van der Waals surface area contributed by atoms with E-state index in [4.69, 9.17) is 4.52 Å². The van der Waals surface area contributed by atoms with Crippen molar-refractivity contribution in [2.75, 3.05) is 6.26 Å². The van der Waals surface area contributed by atoms with Gasteiger partial charge in [-0.2, -0.15) is 0 Å². The molecule has 0 fully saturated rings. The summed E-state index contributed by atoms with van der Waals surface area (Å²) in [6.07, 6.45) is 0.975. The highest BCUT2D eigenvalue weighted by molar-refractivity contribution is 7.88. The summed E-state index contributed by atoms with van der Waals surface area (Å²) in [7, 11) is -3.97. The molecular weight excluding hydrogens is 480 g/mol. The molecule has 0 amide bonds. The van der Waals surface area contributed by atoms with Crippen molar-refractivity contribution in [3.8, 4) is 16.9 Å². The number of hydrogen-bond donors (Lipinski definition) is 1. The summed E-state index contributed by atoms with van der Waals surface area (Å²) in [5.74, 6) is -5.30. The number of nitrogens with zero attached hydrogens (tertiary/aromatic N) is 3. The molecule has 2 aromatic heterocycles. The molecule has 8 nitrogen and oxygen atoms in total. The average molecular weight is 496 g/mol. The number of imidazole rings is 1. The lowest BCUT2D eigenvalue weighted by Crippen LogP contribution is -2.55. The maximum absolute atomic E-state index is 14.6. The molecule has 13 heteroatoms. The van der Waals surface area contributed by atoms with Crippen molar-refractivity contribution in [3.05, 3.63) is 70.4 Å². The number of nitrogens with one attached hydrogen (secondary N) is 1. The molecule has 0 aliphatic carbocycles. The Balaban J connectivity index is 1.69. The van der Waals surface area contributed by atoms with Crippen molar-refractivity contribution in [1.82, 2.24) is 19.0 Å². The molecule has 178 valence electrons. The van der Waals surface area contributed by atoms with Crippen molar-refractivity contribution in [2.45, 2.75) is 24.9 Å². The first-order valence-electron chi connectivity index (χ1n) is 9.95. The maximum Gasteiger partial charge on any atom is 0.334 e. The highest BCUT2D eigenvalue weighted by Crippen LogP contribution is 2.36. The van der Waals surface area contributed by atoms with Gasteiger partial charge in [0.1, 0.15) is 17.7 Å². The Morgan fingerprint density at radius 1 is 1.15 bits per heavy atom. The fourth-order valence-corrected chi connectivity index (χ4v) is 4.95. The SMILES string of the molecule is CS(=O)(=O)N[C@@H]1Cn2c(cn(-c3noc4cccc(-c5c(F)cccc5F)c34)c2=O)CC1(F)F. The zero-order chi connectivity index (χ0) is 24.4. The lowest BCUT2D eigenvalue weighted by molar-refractivity contribution is -0.0467. The molecule has 5 rings (SSSR count). The molecule has 0 radical (unpaired) electrons. The van der Waals surface area contributed by atoms with Crippen LogP contribution in [0.15, 0.2) is 51.9 Å². The molecule has 2 aromatic carbocycles. The normalized spacial score (nSPS) is 17.7. The second-order valence-corrected chi connectivity index (χ2v) is 9.83. The van der Waals surface area contributed by atoms with Crippen LogP contribution < -0.4 is 10.4 Å². The van der Waals surface area contributed by atoms with Gasteiger partial charge in [0.15, 0.2) is 11.4 Å². The van der Waals surface area contributed by atoms with E-state index in [9.17, 15) is 30.8 Å². The number of hydrogen-bond acceptors (Lipinski definition) is 5. The molecule has 1 aliphatic heterocycles. The summed E-state index contributed by atoms with van der Waals surface area (Å²) >= 11 is 0. The molecule has 0 spiro atoms. The predicted molar refractivity (Wildman–Crippen MR) is 113 cm³/mol. The summed E-state index contributed by atoms with van der Waals surface area (Å²) in [6, 6.07) is 5.92. The third-order valence-corrected chi connectivity index (χ3v) is 6.36. The number of sulfonamides is 1. The summed E-state index contributed by atoms with van der Waals surface area (Å²) in [4.78, 5) is 13.1. The van der Waals surface area contributed by atoms with Crippen LogP contribution in [-0.2, 0) is 23.0 Å². The topological polar surface area (TPSA) is 99.1 Å². The van der Waals surface area contributed by atoms with Crippen molar-refractivity contribution >= 4 is 21.0 Å². The van der Waals surface area contributed by atoms with Crippen LogP contribution in [-0.4, -0.2) is 40.9 Å². The number of aromatic nitrogens is 3. The molecular formula is C21H16F4N4O4S. The minimum Gasteiger partial charge on any atom is -0.354 e. The first-order valence-corrected chi connectivity index (χ1v) is 11.8. The third-order valence-electron chi connectivity index (χ3n) is 5.65. The Morgan fingerprint density at radius 3 is 2.50 bits per heavy atom. The van der Waals surface area contributed by atoms with Crippen molar-refractivity contribution in [2.24, 2.45) is 0 Å². The van der Waals surface area contributed by atoms with Gasteiger partial charge in [-0.1, -0.05) is 23.4 Å². The van der Waals surface area contributed by atoms with Crippen LogP contribution in [0.3, 0.4) is 0 Å². The summed E-state index contributed by atoms with van der Waals surface area (Å²) in [6.45, 7) is -0.619. The van der Waals surface area contributed by atoms with Crippen LogP contribution in [0.25, 0.3) is 27.9 Å². The van der Waals surface area contributed by atoms with Gasteiger partial charge in [0.05, 0.1) is 23.6 Å². The van der Waals surface area contributed by atoms with E-state index in [1.807, 2.05) is 4.72 Å². The quantitative estimate of drug-likeness (QED) is 0.438. The second kappa shape index (κ2) is 7.53. The summed E-state index contributed by atoms with van der Waals surface area (Å²) in [5, 5.41) is 3.97. The molecule has 34 heavy (non-hydrogen) atoms. The average Bonchev–Trinajstić information content (AvgIpc) is 3.28. The second-order valence-electron chi connectivity index (χ2n) is 8.05. The largest absolute Gasteiger partial charge is 0.354 e. The van der Waals surface area contributed by atoms with Crippen LogP contribution in [0.2, 0.25) is 0 Å². The Hall–Kier alpha value is -3.45. The first-order chi connectivity index (χ1) is 16.0. The van der Waals surface area contributed by atoms with Gasteiger partial charge in [0.2, 0.25) is 10.0 Å². The molecule has 0 saturated heterocycles. The fourth-order valence-electron chi connectivity index (χ4n) is 4.18. The number of fused-ring (bicyclic) bond motifs is 2. The first kappa shape index (κ1) is 22.3. The Bertz CT molecular complexity index is 1590. The lowest BCUT2D eigenvalue weighted by Gasteiger charge is -2.31. The lowest BCUT2D eigenvalue weighted by atomic mass is 10.0. The van der Waals surface area contributed by atoms with Crippen LogP contribution in [0.5, 0.6) is 0 Å². The summed E-state index contributed by atoms with van der Waals surface area (Å²) in [5.41, 5.74) is -1.04. The van der Waals surface area contributed by atoms with Gasteiger partial charge in [-0.15, -0.1) is 0 Å². The number of rotatable bonds is 4. The van der Waals surface area contributed by atoms with E-state index in [-0.39, 0.29) is 33.6 Å². The smallest absolute Gasteiger partial charge is 0.334 e. The van der Waals surface area contributed by atoms with E-state index in [0.717, 1.165) is 33.7 Å². The molecule has 1 aliphatic rings. The molecule has 1 N–H and O–H groups in total. The van der Waals surface area contributed by atoms with Gasteiger partial charge < -0.3 is 4.52 Å². The molecule has 1 atom stereocenters. The van der Waals surface area contributed by atoms with Gasteiger partial charge in [-0.05, 0) is 18.2 Å². The minimum atomic E-state index is -3.97. The Kier molecular flexibility index (Phi) is 4.95. The molecule has 0 bridgehead atoms. The van der Waals surface area contributed by atoms with Gasteiger partial charge >= 0.3 is 5.69 Å². The van der Waals surface area contributed by atoms with E-state index in [2.05, 4.69) is 5.16 Å². The minimum absolute atomic E-state index is 0.0578. The van der Waals surface area contributed by atoms with Crippen LogP contribution in [0.1, 0.15) is 5.69 Å². The van der Waals surface area contributed by atoms with Crippen molar-refractivity contribution in [3.63, 3.8) is 0 Å². The number of halogens is 4. The molecule has 3 heterocycles. The van der Waals surface area contributed by atoms with Gasteiger partial charge in [0.25, 0.3) is 5.92 Å². The van der Waals surface area contributed by atoms with E-state index in [1.54, 1.807) is 0 Å². The van der Waals surface area contributed by atoms with E-state index >= 15 is 0 Å².